The molecule has 2 aromatic heterocycles. The summed E-state index contributed by atoms with van der Waals surface area (Å²) >= 11 is 0. The fraction of sp³-hybridized carbons (Fsp3) is 0.321. The number of rotatable bonds is 8. The number of fused-ring (bicyclic) bond motifs is 1. The number of hydrogen-bond acceptors (Lipinski definition) is 6. The summed E-state index contributed by atoms with van der Waals surface area (Å²) in [6.07, 6.45) is 0.880. The molecule has 0 aliphatic rings. The standard InChI is InChI=1S/C28H32FN5O3/c1-18(37-27(35)32-28(3,4)5)17-36-23-11-9-20(10-12-23)24-16-30-26-14-13-25(33-34(24)26)31-19(2)21-7-6-8-22(29)15-21/h6-16,18-19H,17H2,1-5H3,(H,31,33)(H,32,35)/t18-,19-/m1/s1. The zero-order valence-corrected chi connectivity index (χ0v) is 21.7. The molecule has 0 unspecified atom stereocenters. The Labute approximate surface area is 215 Å². The van der Waals surface area contributed by atoms with Gasteiger partial charge in [-0.2, -0.15) is 0 Å². The summed E-state index contributed by atoms with van der Waals surface area (Å²) in [7, 11) is 0. The predicted octanol–water partition coefficient (Wildman–Crippen LogP) is 6.00. The molecule has 194 valence electrons. The van der Waals surface area contributed by atoms with E-state index in [4.69, 9.17) is 14.6 Å². The van der Waals surface area contributed by atoms with Gasteiger partial charge in [0, 0.05) is 11.1 Å². The smallest absolute Gasteiger partial charge is 0.407 e. The van der Waals surface area contributed by atoms with Crippen LogP contribution in [0.1, 0.15) is 46.2 Å². The van der Waals surface area contributed by atoms with Gasteiger partial charge in [0.05, 0.1) is 17.9 Å². The molecule has 8 nitrogen and oxygen atoms in total. The predicted molar refractivity (Wildman–Crippen MR) is 141 cm³/mol. The summed E-state index contributed by atoms with van der Waals surface area (Å²) in [6, 6.07) is 17.7. The maximum atomic E-state index is 13.6. The largest absolute Gasteiger partial charge is 0.490 e. The molecule has 2 heterocycles. The number of benzene rings is 2. The van der Waals surface area contributed by atoms with E-state index < -0.39 is 12.2 Å². The first-order chi connectivity index (χ1) is 17.6. The highest BCUT2D eigenvalue weighted by atomic mass is 19.1. The van der Waals surface area contributed by atoms with Crippen molar-refractivity contribution in [3.8, 4) is 17.0 Å². The first-order valence-corrected chi connectivity index (χ1v) is 12.2. The number of nitrogens with one attached hydrogen (secondary N) is 2. The van der Waals surface area contributed by atoms with Crippen LogP contribution in [-0.4, -0.2) is 38.9 Å². The third-order valence-electron chi connectivity index (χ3n) is 5.50. The van der Waals surface area contributed by atoms with Crippen LogP contribution in [0.3, 0.4) is 0 Å². The quantitative estimate of drug-likeness (QED) is 0.305. The van der Waals surface area contributed by atoms with Crippen molar-refractivity contribution in [2.24, 2.45) is 0 Å². The molecule has 4 rings (SSSR count). The molecule has 0 saturated carbocycles. The highest BCUT2D eigenvalue weighted by Crippen LogP contribution is 2.25. The average Bonchev–Trinajstić information content (AvgIpc) is 3.25. The number of alkyl carbamates (subject to hydrolysis) is 1. The highest BCUT2D eigenvalue weighted by molar-refractivity contribution is 5.68. The Kier molecular flexibility index (Phi) is 7.61. The van der Waals surface area contributed by atoms with Crippen molar-refractivity contribution >= 4 is 17.6 Å². The third-order valence-corrected chi connectivity index (χ3v) is 5.50. The zero-order valence-electron chi connectivity index (χ0n) is 21.7. The van der Waals surface area contributed by atoms with Crippen molar-refractivity contribution in [3.05, 3.63) is 78.2 Å². The lowest BCUT2D eigenvalue weighted by Crippen LogP contribution is -2.42. The van der Waals surface area contributed by atoms with Gasteiger partial charge in [0.2, 0.25) is 0 Å². The maximum absolute atomic E-state index is 13.6. The van der Waals surface area contributed by atoms with Gasteiger partial charge in [-0.05, 0) is 88.7 Å². The number of imidazole rings is 1. The van der Waals surface area contributed by atoms with Gasteiger partial charge < -0.3 is 20.1 Å². The van der Waals surface area contributed by atoms with Gasteiger partial charge in [-0.15, -0.1) is 5.10 Å². The number of ether oxygens (including phenoxy) is 2. The van der Waals surface area contributed by atoms with Crippen LogP contribution in [-0.2, 0) is 4.74 Å². The van der Waals surface area contributed by atoms with Crippen molar-refractivity contribution in [2.45, 2.75) is 52.3 Å². The molecule has 0 aliphatic heterocycles. The molecule has 0 fully saturated rings. The van der Waals surface area contributed by atoms with Crippen LogP contribution >= 0.6 is 0 Å². The molecule has 37 heavy (non-hydrogen) atoms. The second-order valence-electron chi connectivity index (χ2n) is 9.98. The van der Waals surface area contributed by atoms with Crippen molar-refractivity contribution in [1.82, 2.24) is 19.9 Å². The van der Waals surface area contributed by atoms with E-state index in [0.29, 0.717) is 17.2 Å². The molecule has 0 saturated heterocycles. The van der Waals surface area contributed by atoms with Crippen molar-refractivity contribution < 1.29 is 18.7 Å². The minimum absolute atomic E-state index is 0.130. The monoisotopic (exact) mass is 505 g/mol. The topological polar surface area (TPSA) is 89.8 Å². The normalized spacial score (nSPS) is 13.1. The minimum atomic E-state index is -0.474. The van der Waals surface area contributed by atoms with E-state index in [1.165, 1.54) is 12.1 Å². The molecule has 0 aliphatic carbocycles. The van der Waals surface area contributed by atoms with E-state index >= 15 is 0 Å². The van der Waals surface area contributed by atoms with Gasteiger partial charge >= 0.3 is 6.09 Å². The number of halogens is 1. The second-order valence-corrected chi connectivity index (χ2v) is 9.98. The van der Waals surface area contributed by atoms with Gasteiger partial charge in [-0.1, -0.05) is 12.1 Å². The third kappa shape index (κ3) is 6.97. The lowest BCUT2D eigenvalue weighted by molar-refractivity contribution is 0.0706. The minimum Gasteiger partial charge on any atom is -0.490 e. The van der Waals surface area contributed by atoms with Crippen molar-refractivity contribution in [3.63, 3.8) is 0 Å². The molecule has 2 atom stereocenters. The van der Waals surface area contributed by atoms with Crippen LogP contribution in [0, 0.1) is 5.82 Å². The average molecular weight is 506 g/mol. The Morgan fingerprint density at radius 1 is 1.08 bits per heavy atom. The summed E-state index contributed by atoms with van der Waals surface area (Å²) in [5.74, 6) is 1.03. The van der Waals surface area contributed by atoms with Crippen LogP contribution in [0.2, 0.25) is 0 Å². The summed E-state index contributed by atoms with van der Waals surface area (Å²) in [5, 5.41) is 10.8. The fourth-order valence-electron chi connectivity index (χ4n) is 3.72. The van der Waals surface area contributed by atoms with E-state index in [1.54, 1.807) is 23.7 Å². The van der Waals surface area contributed by atoms with E-state index in [0.717, 1.165) is 16.8 Å². The Hall–Kier alpha value is -4.14. The van der Waals surface area contributed by atoms with Gasteiger partial charge in [-0.3, -0.25) is 0 Å². The molecule has 4 aromatic rings. The zero-order chi connectivity index (χ0) is 26.6. The van der Waals surface area contributed by atoms with Crippen LogP contribution in [0.25, 0.3) is 16.9 Å². The lowest BCUT2D eigenvalue weighted by atomic mass is 10.1. The molecular weight excluding hydrogens is 473 g/mol. The fourth-order valence-corrected chi connectivity index (χ4v) is 3.72. The van der Waals surface area contributed by atoms with Crippen LogP contribution in [0.5, 0.6) is 5.75 Å². The van der Waals surface area contributed by atoms with Gasteiger partial charge in [0.1, 0.15) is 30.1 Å². The van der Waals surface area contributed by atoms with E-state index in [1.807, 2.05) is 70.2 Å². The summed E-state index contributed by atoms with van der Waals surface area (Å²) in [4.78, 5) is 16.4. The van der Waals surface area contributed by atoms with Crippen LogP contribution in [0.4, 0.5) is 15.0 Å². The SMILES string of the molecule is C[C@H](COc1ccc(-c2cnc3ccc(N[C@H](C)c4cccc(F)c4)nn23)cc1)OC(=O)NC(C)(C)C. The molecule has 0 spiro atoms. The Morgan fingerprint density at radius 3 is 2.54 bits per heavy atom. The summed E-state index contributed by atoms with van der Waals surface area (Å²) < 4.78 is 26.5. The summed E-state index contributed by atoms with van der Waals surface area (Å²) in [5.41, 5.74) is 2.91. The Bertz CT molecular complexity index is 1360. The molecule has 1 amide bonds. The van der Waals surface area contributed by atoms with Crippen molar-refractivity contribution in [2.75, 3.05) is 11.9 Å². The summed E-state index contributed by atoms with van der Waals surface area (Å²) in [6.45, 7) is 9.63. The number of amides is 1. The number of hydrogen-bond donors (Lipinski definition) is 2. The van der Waals surface area contributed by atoms with Crippen molar-refractivity contribution in [1.29, 1.82) is 0 Å². The van der Waals surface area contributed by atoms with Gasteiger partial charge in [0.25, 0.3) is 0 Å². The van der Waals surface area contributed by atoms with Crippen LogP contribution in [0.15, 0.2) is 66.9 Å². The maximum Gasteiger partial charge on any atom is 0.407 e. The van der Waals surface area contributed by atoms with E-state index in [9.17, 15) is 9.18 Å². The highest BCUT2D eigenvalue weighted by Gasteiger charge is 2.17. The lowest BCUT2D eigenvalue weighted by Gasteiger charge is -2.22. The van der Waals surface area contributed by atoms with E-state index in [2.05, 4.69) is 15.6 Å². The number of anilines is 1. The molecule has 2 aromatic carbocycles. The van der Waals surface area contributed by atoms with E-state index in [-0.39, 0.29) is 24.0 Å². The number of carbonyl (C=O) groups is 1. The van der Waals surface area contributed by atoms with Gasteiger partial charge in [-0.25, -0.2) is 18.7 Å². The van der Waals surface area contributed by atoms with Crippen LogP contribution < -0.4 is 15.4 Å². The molecule has 0 radical (unpaired) electrons. The molecular formula is C28H32FN5O3. The Morgan fingerprint density at radius 2 is 1.84 bits per heavy atom. The first kappa shape index (κ1) is 25.9. The van der Waals surface area contributed by atoms with Gasteiger partial charge in [0.15, 0.2) is 5.65 Å². The molecule has 2 N–H and O–H groups in total. The first-order valence-electron chi connectivity index (χ1n) is 12.2. The Balaban J connectivity index is 1.41. The molecule has 9 heteroatoms. The number of carbonyl (C=O) groups excluding carboxylic acids is 1. The number of aromatic nitrogens is 3. The number of nitrogens with zero attached hydrogens (tertiary/aromatic N) is 3. The second kappa shape index (κ2) is 10.9. The molecule has 0 bridgehead atoms.